The third-order valence-electron chi connectivity index (χ3n) is 3.01. The number of imidazole rings is 1. The van der Waals surface area contributed by atoms with Gasteiger partial charge in [-0.2, -0.15) is 0 Å². The number of pyridine rings is 1. The average molecular weight is 192 g/mol. The van der Waals surface area contributed by atoms with Crippen LogP contribution in [0.1, 0.15) is 0 Å². The zero-order valence-corrected chi connectivity index (χ0v) is 8.01. The molecular formula is C13H8N2. The molecule has 15 heavy (non-hydrogen) atoms. The van der Waals surface area contributed by atoms with Gasteiger partial charge in [-0.05, 0) is 12.1 Å². The van der Waals surface area contributed by atoms with Crippen LogP contribution < -0.4 is 0 Å². The number of rotatable bonds is 0. The second kappa shape index (κ2) is 2.28. The Morgan fingerprint density at radius 2 is 1.60 bits per heavy atom. The van der Waals surface area contributed by atoms with Crippen LogP contribution in [-0.4, -0.2) is 9.38 Å². The molecule has 4 rings (SSSR count). The molecule has 0 spiro atoms. The predicted molar refractivity (Wildman–Crippen MR) is 61.4 cm³/mol. The number of hydrogen-bond donors (Lipinski definition) is 0. The minimum Gasteiger partial charge on any atom is -0.292 e. The third kappa shape index (κ3) is 0.734. The average Bonchev–Trinajstić information content (AvgIpc) is 2.85. The summed E-state index contributed by atoms with van der Waals surface area (Å²) in [5.74, 6) is 0. The van der Waals surface area contributed by atoms with Crippen LogP contribution in [0, 0.1) is 0 Å². The number of fused-ring (bicyclic) bond motifs is 3. The molecule has 1 aromatic carbocycles. The normalized spacial score (nSPS) is 12.0. The van der Waals surface area contributed by atoms with Crippen molar-refractivity contribution < 1.29 is 0 Å². The molecule has 0 saturated heterocycles. The van der Waals surface area contributed by atoms with Crippen LogP contribution in [0.15, 0.2) is 48.7 Å². The van der Waals surface area contributed by atoms with Crippen molar-refractivity contribution in [2.45, 2.75) is 0 Å². The largest absolute Gasteiger partial charge is 0.292 e. The lowest BCUT2D eigenvalue weighted by Crippen LogP contribution is -1.80. The summed E-state index contributed by atoms with van der Waals surface area (Å²) in [7, 11) is 0. The van der Waals surface area contributed by atoms with Crippen LogP contribution in [0.4, 0.5) is 0 Å². The number of nitrogens with zero attached hydrogens (tertiary/aromatic N) is 2. The van der Waals surface area contributed by atoms with Gasteiger partial charge in [0, 0.05) is 10.8 Å². The Bertz CT molecular complexity index is 745. The van der Waals surface area contributed by atoms with Gasteiger partial charge in [0.15, 0.2) is 0 Å². The lowest BCUT2D eigenvalue weighted by Gasteiger charge is -1.93. The number of aromatic nitrogens is 2. The van der Waals surface area contributed by atoms with Gasteiger partial charge in [0.2, 0.25) is 0 Å². The molecule has 0 N–H and O–H groups in total. The van der Waals surface area contributed by atoms with E-state index < -0.39 is 0 Å². The zero-order chi connectivity index (χ0) is 9.83. The Morgan fingerprint density at radius 1 is 0.800 bits per heavy atom. The second-order valence-corrected chi connectivity index (χ2v) is 3.79. The molecule has 2 heteroatoms. The first kappa shape index (κ1) is 7.23. The van der Waals surface area contributed by atoms with Gasteiger partial charge in [0.25, 0.3) is 0 Å². The van der Waals surface area contributed by atoms with E-state index in [4.69, 9.17) is 0 Å². The fourth-order valence-electron chi connectivity index (χ4n) is 2.37. The van der Waals surface area contributed by atoms with Crippen molar-refractivity contribution in [3.8, 4) is 0 Å². The summed E-state index contributed by atoms with van der Waals surface area (Å²) >= 11 is 0. The first-order chi connectivity index (χ1) is 7.45. The van der Waals surface area contributed by atoms with Crippen LogP contribution in [0.5, 0.6) is 0 Å². The Hall–Kier alpha value is -2.09. The maximum absolute atomic E-state index is 4.39. The van der Waals surface area contributed by atoms with E-state index in [0.29, 0.717) is 0 Å². The van der Waals surface area contributed by atoms with E-state index in [1.165, 1.54) is 21.8 Å². The summed E-state index contributed by atoms with van der Waals surface area (Å²) in [6, 6.07) is 14.7. The van der Waals surface area contributed by atoms with Crippen molar-refractivity contribution in [2.75, 3.05) is 0 Å². The summed E-state index contributed by atoms with van der Waals surface area (Å²) in [5, 5.41) is 2.59. The lowest BCUT2D eigenvalue weighted by atomic mass is 10.2. The monoisotopic (exact) mass is 192 g/mol. The highest BCUT2D eigenvalue weighted by atomic mass is 15.0. The van der Waals surface area contributed by atoms with Gasteiger partial charge in [-0.1, -0.05) is 30.3 Å². The Kier molecular flexibility index (Phi) is 1.10. The Morgan fingerprint density at radius 3 is 2.47 bits per heavy atom. The highest BCUT2D eigenvalue weighted by Gasteiger charge is 2.10. The molecular weight excluding hydrogens is 184 g/mol. The van der Waals surface area contributed by atoms with Gasteiger partial charge in [0.05, 0.1) is 17.2 Å². The molecule has 0 unspecified atom stereocenters. The van der Waals surface area contributed by atoms with Crippen LogP contribution in [0.2, 0.25) is 0 Å². The van der Waals surface area contributed by atoms with Crippen molar-refractivity contribution in [3.63, 3.8) is 0 Å². The van der Waals surface area contributed by atoms with Gasteiger partial charge < -0.3 is 0 Å². The van der Waals surface area contributed by atoms with Crippen molar-refractivity contribution in [1.29, 1.82) is 0 Å². The van der Waals surface area contributed by atoms with Gasteiger partial charge in [-0.15, -0.1) is 0 Å². The van der Waals surface area contributed by atoms with Gasteiger partial charge >= 0.3 is 0 Å². The van der Waals surface area contributed by atoms with Gasteiger partial charge in [-0.25, -0.2) is 4.98 Å². The molecule has 0 aliphatic rings. The maximum atomic E-state index is 4.39. The minimum absolute atomic E-state index is 1.03. The molecule has 4 aromatic rings. The van der Waals surface area contributed by atoms with Crippen molar-refractivity contribution in [1.82, 2.24) is 9.38 Å². The van der Waals surface area contributed by atoms with E-state index in [2.05, 4.69) is 45.8 Å². The van der Waals surface area contributed by atoms with Crippen LogP contribution >= 0.6 is 0 Å². The Labute approximate surface area is 86.1 Å². The van der Waals surface area contributed by atoms with E-state index in [1.54, 1.807) is 0 Å². The fourth-order valence-corrected chi connectivity index (χ4v) is 2.37. The zero-order valence-electron chi connectivity index (χ0n) is 8.01. The molecule has 0 atom stereocenters. The summed E-state index contributed by atoms with van der Waals surface area (Å²) in [5.41, 5.74) is 3.48. The quantitative estimate of drug-likeness (QED) is 0.418. The molecule has 0 saturated carbocycles. The number of benzene rings is 1. The molecule has 0 amide bonds. The summed E-state index contributed by atoms with van der Waals surface area (Å²) in [4.78, 5) is 4.39. The maximum Gasteiger partial charge on any atom is 0.137 e. The molecule has 3 aromatic heterocycles. The predicted octanol–water partition coefficient (Wildman–Crippen LogP) is 3.08. The number of hydrogen-bond acceptors (Lipinski definition) is 1. The SMILES string of the molecule is c1ccc2c(c1)c1cccc3ncc2n31. The smallest absolute Gasteiger partial charge is 0.137 e. The van der Waals surface area contributed by atoms with Crippen LogP contribution in [0.3, 0.4) is 0 Å². The molecule has 2 nitrogen and oxygen atoms in total. The Balaban J connectivity index is 2.53. The highest BCUT2D eigenvalue weighted by molar-refractivity contribution is 6.09. The molecule has 3 heterocycles. The molecule has 0 radical (unpaired) electrons. The van der Waals surface area contributed by atoms with E-state index in [9.17, 15) is 0 Å². The van der Waals surface area contributed by atoms with Crippen molar-refractivity contribution in [2.24, 2.45) is 0 Å². The molecule has 0 aliphatic heterocycles. The molecule has 0 bridgehead atoms. The third-order valence-corrected chi connectivity index (χ3v) is 3.01. The standard InChI is InChI=1S/C13H8N2/c1-2-5-10-9(4-1)11-6-3-7-13-14-8-12(10)15(11)13/h1-8H. The first-order valence-corrected chi connectivity index (χ1v) is 5.01. The van der Waals surface area contributed by atoms with Crippen LogP contribution in [-0.2, 0) is 0 Å². The molecule has 0 aliphatic carbocycles. The lowest BCUT2D eigenvalue weighted by molar-refractivity contribution is 1.31. The summed E-state index contributed by atoms with van der Waals surface area (Å²) < 4.78 is 2.21. The van der Waals surface area contributed by atoms with Gasteiger partial charge in [-0.3, -0.25) is 4.40 Å². The molecule has 0 fully saturated rings. The van der Waals surface area contributed by atoms with Crippen molar-refractivity contribution >= 4 is 27.5 Å². The summed E-state index contributed by atoms with van der Waals surface area (Å²) in [6.45, 7) is 0. The van der Waals surface area contributed by atoms with E-state index in [0.717, 1.165) is 5.65 Å². The first-order valence-electron chi connectivity index (χ1n) is 5.01. The van der Waals surface area contributed by atoms with E-state index in [1.807, 2.05) is 12.3 Å². The fraction of sp³-hybridized carbons (Fsp3) is 0. The second-order valence-electron chi connectivity index (χ2n) is 3.79. The summed E-state index contributed by atoms with van der Waals surface area (Å²) in [6.07, 6.45) is 1.95. The topological polar surface area (TPSA) is 17.3 Å². The van der Waals surface area contributed by atoms with Crippen LogP contribution in [0.25, 0.3) is 27.5 Å². The highest BCUT2D eigenvalue weighted by Crippen LogP contribution is 2.29. The van der Waals surface area contributed by atoms with Crippen molar-refractivity contribution in [3.05, 3.63) is 48.7 Å². The molecule has 70 valence electrons. The van der Waals surface area contributed by atoms with E-state index in [-0.39, 0.29) is 0 Å². The van der Waals surface area contributed by atoms with E-state index >= 15 is 0 Å². The minimum atomic E-state index is 1.03. The van der Waals surface area contributed by atoms with Gasteiger partial charge in [0.1, 0.15) is 5.65 Å².